The van der Waals surface area contributed by atoms with Crippen molar-refractivity contribution in [3.63, 3.8) is 0 Å². The predicted octanol–water partition coefficient (Wildman–Crippen LogP) is 4.25. The van der Waals surface area contributed by atoms with Crippen LogP contribution in [0.4, 0.5) is 0 Å². The minimum absolute atomic E-state index is 0.0728. The lowest BCUT2D eigenvalue weighted by Crippen LogP contribution is -2.45. The van der Waals surface area contributed by atoms with Crippen molar-refractivity contribution in [3.8, 4) is 0 Å². The largest absolute Gasteiger partial charge is 0.349 e. The molecule has 1 aromatic carbocycles. The fourth-order valence-electron chi connectivity index (χ4n) is 2.90. The molecule has 19 heavy (non-hydrogen) atoms. The molecule has 1 saturated heterocycles. The Kier molecular flexibility index (Phi) is 5.00. The van der Waals surface area contributed by atoms with Gasteiger partial charge in [-0.25, -0.2) is 0 Å². The van der Waals surface area contributed by atoms with Crippen molar-refractivity contribution in [2.75, 3.05) is 0 Å². The average Bonchev–Trinajstić information content (AvgIpc) is 2.45. The third-order valence-electron chi connectivity index (χ3n) is 4.64. The van der Waals surface area contributed by atoms with E-state index in [1.165, 1.54) is 5.56 Å². The second kappa shape index (κ2) is 6.53. The molecule has 1 heterocycles. The van der Waals surface area contributed by atoms with E-state index in [0.29, 0.717) is 30.5 Å². The third-order valence-corrected chi connectivity index (χ3v) is 4.64. The number of rotatable bonds is 4. The van der Waals surface area contributed by atoms with Crippen molar-refractivity contribution < 1.29 is 9.47 Å². The van der Waals surface area contributed by atoms with Crippen LogP contribution in [0.25, 0.3) is 0 Å². The van der Waals surface area contributed by atoms with E-state index >= 15 is 0 Å². The normalized spacial score (nSPS) is 35.3. The Balaban J connectivity index is 1.95. The Hall–Kier alpha value is -0.860. The molecule has 0 amide bonds. The van der Waals surface area contributed by atoms with E-state index in [9.17, 15) is 0 Å². The maximum atomic E-state index is 6.13. The van der Waals surface area contributed by atoms with Crippen molar-refractivity contribution in [2.45, 2.75) is 53.1 Å². The van der Waals surface area contributed by atoms with Crippen LogP contribution in [0.1, 0.15) is 39.7 Å². The predicted molar refractivity (Wildman–Crippen MR) is 77.7 cm³/mol. The van der Waals surface area contributed by atoms with Gasteiger partial charge in [-0.15, -0.1) is 0 Å². The van der Waals surface area contributed by atoms with Crippen LogP contribution < -0.4 is 0 Å². The molecule has 1 aromatic rings. The van der Waals surface area contributed by atoms with Crippen LogP contribution in [0, 0.1) is 17.8 Å². The highest BCUT2D eigenvalue weighted by Crippen LogP contribution is 2.36. The summed E-state index contributed by atoms with van der Waals surface area (Å²) in [6, 6.07) is 10.3. The van der Waals surface area contributed by atoms with E-state index in [1.807, 2.05) is 18.2 Å². The summed E-state index contributed by atoms with van der Waals surface area (Å²) in [6.45, 7) is 9.68. The summed E-state index contributed by atoms with van der Waals surface area (Å²) < 4.78 is 12.1. The van der Waals surface area contributed by atoms with E-state index in [-0.39, 0.29) is 6.29 Å². The van der Waals surface area contributed by atoms with E-state index < -0.39 is 0 Å². The van der Waals surface area contributed by atoms with Gasteiger partial charge in [-0.05, 0) is 23.8 Å². The highest BCUT2D eigenvalue weighted by Gasteiger charge is 2.38. The van der Waals surface area contributed by atoms with Gasteiger partial charge in [-0.2, -0.15) is 0 Å². The van der Waals surface area contributed by atoms with Crippen LogP contribution in [0.3, 0.4) is 0 Å². The van der Waals surface area contributed by atoms with Gasteiger partial charge in [0.05, 0.1) is 12.7 Å². The maximum Gasteiger partial charge on any atom is 0.161 e. The van der Waals surface area contributed by atoms with Crippen molar-refractivity contribution in [1.29, 1.82) is 0 Å². The molecule has 1 aliphatic rings. The molecular formula is C17H26O2. The third kappa shape index (κ3) is 3.37. The van der Waals surface area contributed by atoms with E-state index in [2.05, 4.69) is 39.8 Å². The Bertz CT molecular complexity index is 374. The van der Waals surface area contributed by atoms with Gasteiger partial charge in [-0.1, -0.05) is 58.0 Å². The summed E-state index contributed by atoms with van der Waals surface area (Å²) in [4.78, 5) is 0. The van der Waals surface area contributed by atoms with Crippen LogP contribution in [-0.2, 0) is 16.1 Å². The molecule has 1 fully saturated rings. The zero-order chi connectivity index (χ0) is 13.8. The quantitative estimate of drug-likeness (QED) is 0.807. The lowest BCUT2D eigenvalue weighted by Gasteiger charge is -2.43. The summed E-state index contributed by atoms with van der Waals surface area (Å²) in [5.74, 6) is 1.69. The first-order chi connectivity index (χ1) is 9.13. The Morgan fingerprint density at radius 1 is 1.00 bits per heavy atom. The molecule has 0 aliphatic carbocycles. The molecule has 0 saturated carbocycles. The fourth-order valence-corrected chi connectivity index (χ4v) is 2.90. The number of hydrogen-bond donors (Lipinski definition) is 0. The molecule has 1 aliphatic heterocycles. The summed E-state index contributed by atoms with van der Waals surface area (Å²) in [7, 11) is 0. The van der Waals surface area contributed by atoms with Crippen molar-refractivity contribution >= 4 is 0 Å². The zero-order valence-electron chi connectivity index (χ0n) is 12.5. The van der Waals surface area contributed by atoms with Crippen LogP contribution in [0.5, 0.6) is 0 Å². The minimum Gasteiger partial charge on any atom is -0.349 e. The van der Waals surface area contributed by atoms with Gasteiger partial charge in [0, 0.05) is 5.92 Å². The number of ether oxygens (including phenoxy) is 2. The molecule has 2 rings (SSSR count). The van der Waals surface area contributed by atoms with Gasteiger partial charge >= 0.3 is 0 Å². The molecule has 0 aromatic heterocycles. The van der Waals surface area contributed by atoms with Gasteiger partial charge in [0.25, 0.3) is 0 Å². The SMILES string of the molecule is CCC1O[C@@H](OCc2ccccc2)C(C)[C@@H](C)[C@@H]1C. The molecule has 2 unspecified atom stereocenters. The molecule has 0 N–H and O–H groups in total. The lowest BCUT2D eigenvalue weighted by molar-refractivity contribution is -0.252. The second-order valence-electron chi connectivity index (χ2n) is 5.83. The number of hydrogen-bond acceptors (Lipinski definition) is 2. The summed E-state index contributed by atoms with van der Waals surface area (Å²) >= 11 is 0. The van der Waals surface area contributed by atoms with Crippen LogP contribution in [0.2, 0.25) is 0 Å². The highest BCUT2D eigenvalue weighted by molar-refractivity contribution is 5.13. The van der Waals surface area contributed by atoms with Gasteiger partial charge in [0.1, 0.15) is 0 Å². The van der Waals surface area contributed by atoms with E-state index in [4.69, 9.17) is 9.47 Å². The summed E-state index contributed by atoms with van der Waals surface area (Å²) in [6.07, 6.45) is 1.31. The standard InChI is InChI=1S/C17H26O2/c1-5-16-13(3)12(2)14(4)17(19-16)18-11-15-9-7-6-8-10-15/h6-10,12-14,16-17H,5,11H2,1-4H3/t12-,13-,14?,16?,17+/m0/s1. The molecule has 0 bridgehead atoms. The van der Waals surface area contributed by atoms with Gasteiger partial charge in [0.15, 0.2) is 6.29 Å². The smallest absolute Gasteiger partial charge is 0.161 e. The average molecular weight is 262 g/mol. The molecule has 0 radical (unpaired) electrons. The fraction of sp³-hybridized carbons (Fsp3) is 0.647. The summed E-state index contributed by atoms with van der Waals surface area (Å²) in [5.41, 5.74) is 1.21. The van der Waals surface area contributed by atoms with Gasteiger partial charge < -0.3 is 9.47 Å². The highest BCUT2D eigenvalue weighted by atomic mass is 16.7. The van der Waals surface area contributed by atoms with Gasteiger partial charge in [0.2, 0.25) is 0 Å². The zero-order valence-corrected chi connectivity index (χ0v) is 12.5. The van der Waals surface area contributed by atoms with Crippen LogP contribution in [0.15, 0.2) is 30.3 Å². The summed E-state index contributed by atoms with van der Waals surface area (Å²) in [5, 5.41) is 0. The molecule has 5 atom stereocenters. The van der Waals surface area contributed by atoms with Crippen LogP contribution >= 0.6 is 0 Å². The Morgan fingerprint density at radius 2 is 1.68 bits per heavy atom. The second-order valence-corrected chi connectivity index (χ2v) is 5.83. The van der Waals surface area contributed by atoms with E-state index in [0.717, 1.165) is 6.42 Å². The Morgan fingerprint density at radius 3 is 2.32 bits per heavy atom. The Labute approximate surface area is 117 Å². The first kappa shape index (κ1) is 14.5. The van der Waals surface area contributed by atoms with Crippen molar-refractivity contribution in [3.05, 3.63) is 35.9 Å². The maximum absolute atomic E-state index is 6.13. The minimum atomic E-state index is -0.0728. The number of benzene rings is 1. The van der Waals surface area contributed by atoms with Crippen LogP contribution in [-0.4, -0.2) is 12.4 Å². The van der Waals surface area contributed by atoms with Gasteiger partial charge in [-0.3, -0.25) is 0 Å². The molecular weight excluding hydrogens is 236 g/mol. The van der Waals surface area contributed by atoms with Crippen molar-refractivity contribution in [2.24, 2.45) is 17.8 Å². The first-order valence-corrected chi connectivity index (χ1v) is 7.44. The van der Waals surface area contributed by atoms with E-state index in [1.54, 1.807) is 0 Å². The lowest BCUT2D eigenvalue weighted by atomic mass is 9.78. The molecule has 106 valence electrons. The topological polar surface area (TPSA) is 18.5 Å². The first-order valence-electron chi connectivity index (χ1n) is 7.44. The molecule has 2 nitrogen and oxygen atoms in total. The monoisotopic (exact) mass is 262 g/mol. The van der Waals surface area contributed by atoms with Crippen molar-refractivity contribution in [1.82, 2.24) is 0 Å². The molecule has 0 spiro atoms. The molecule has 2 heteroatoms.